The van der Waals surface area contributed by atoms with Gasteiger partial charge >= 0.3 is 0 Å². The Hall–Kier alpha value is -3.42. The SMILES string of the molecule is COc1ccc(OC)c(C=NNC(=O)c2ccc([N+](=O)[O-])c(C)c2)c1. The number of rotatable bonds is 6. The van der Waals surface area contributed by atoms with Crippen molar-refractivity contribution in [2.75, 3.05) is 14.2 Å². The molecule has 2 rings (SSSR count). The van der Waals surface area contributed by atoms with Crippen LogP contribution in [0.5, 0.6) is 11.5 Å². The van der Waals surface area contributed by atoms with Crippen LogP contribution in [0, 0.1) is 17.0 Å². The van der Waals surface area contributed by atoms with Crippen molar-refractivity contribution >= 4 is 17.8 Å². The molecule has 1 amide bonds. The zero-order valence-corrected chi connectivity index (χ0v) is 14.0. The number of hydrazone groups is 1. The van der Waals surface area contributed by atoms with Gasteiger partial charge in [-0.3, -0.25) is 14.9 Å². The molecule has 0 spiro atoms. The molecule has 0 aliphatic heterocycles. The largest absolute Gasteiger partial charge is 0.497 e. The van der Waals surface area contributed by atoms with E-state index in [0.29, 0.717) is 22.6 Å². The Bertz CT molecular complexity index is 833. The first kappa shape index (κ1) is 17.9. The molecule has 130 valence electrons. The van der Waals surface area contributed by atoms with Crippen molar-refractivity contribution in [2.45, 2.75) is 6.92 Å². The number of hydrogen-bond donors (Lipinski definition) is 1. The lowest BCUT2D eigenvalue weighted by Gasteiger charge is -2.07. The minimum atomic E-state index is -0.496. The highest BCUT2D eigenvalue weighted by Gasteiger charge is 2.13. The second kappa shape index (κ2) is 7.91. The number of carbonyl (C=O) groups is 1. The standard InChI is InChI=1S/C17H17N3O5/c1-11-8-12(4-6-15(11)20(22)23)17(21)19-18-10-13-9-14(24-2)5-7-16(13)25-3/h4-10H,1-3H3,(H,19,21). The first-order valence-electron chi connectivity index (χ1n) is 7.26. The Morgan fingerprint density at radius 2 is 1.96 bits per heavy atom. The summed E-state index contributed by atoms with van der Waals surface area (Å²) in [5, 5.41) is 14.7. The molecule has 0 aromatic heterocycles. The number of hydrogen-bond acceptors (Lipinski definition) is 6. The number of nitrogens with zero attached hydrogens (tertiary/aromatic N) is 2. The summed E-state index contributed by atoms with van der Waals surface area (Å²) >= 11 is 0. The Kier molecular flexibility index (Phi) is 5.67. The monoisotopic (exact) mass is 343 g/mol. The summed E-state index contributed by atoms with van der Waals surface area (Å²) in [4.78, 5) is 22.4. The molecule has 0 aliphatic carbocycles. The summed E-state index contributed by atoms with van der Waals surface area (Å²) in [6.07, 6.45) is 1.43. The maximum Gasteiger partial charge on any atom is 0.272 e. The van der Waals surface area contributed by atoms with Crippen molar-refractivity contribution in [1.82, 2.24) is 5.43 Å². The number of nitro groups is 1. The molecular formula is C17H17N3O5. The lowest BCUT2D eigenvalue weighted by Crippen LogP contribution is -2.17. The van der Waals surface area contributed by atoms with Gasteiger partial charge in [-0.15, -0.1) is 0 Å². The van der Waals surface area contributed by atoms with E-state index in [-0.39, 0.29) is 11.3 Å². The van der Waals surface area contributed by atoms with E-state index in [4.69, 9.17) is 9.47 Å². The number of nitro benzene ring substituents is 1. The van der Waals surface area contributed by atoms with Crippen LogP contribution in [0.3, 0.4) is 0 Å². The molecule has 8 heteroatoms. The van der Waals surface area contributed by atoms with E-state index in [2.05, 4.69) is 10.5 Å². The summed E-state index contributed by atoms with van der Waals surface area (Å²) in [6.45, 7) is 1.57. The maximum atomic E-state index is 12.1. The maximum absolute atomic E-state index is 12.1. The second-order valence-electron chi connectivity index (χ2n) is 5.07. The van der Waals surface area contributed by atoms with Crippen LogP contribution >= 0.6 is 0 Å². The number of nitrogens with one attached hydrogen (secondary N) is 1. The van der Waals surface area contributed by atoms with Crippen molar-refractivity contribution in [3.05, 3.63) is 63.2 Å². The van der Waals surface area contributed by atoms with E-state index in [1.807, 2.05) is 0 Å². The van der Waals surface area contributed by atoms with Gasteiger partial charge < -0.3 is 9.47 Å². The van der Waals surface area contributed by atoms with Gasteiger partial charge in [0.1, 0.15) is 11.5 Å². The lowest BCUT2D eigenvalue weighted by molar-refractivity contribution is -0.385. The van der Waals surface area contributed by atoms with Gasteiger partial charge in [-0.05, 0) is 37.3 Å². The number of ether oxygens (including phenoxy) is 2. The molecule has 2 aromatic rings. The highest BCUT2D eigenvalue weighted by Crippen LogP contribution is 2.22. The van der Waals surface area contributed by atoms with E-state index in [1.165, 1.54) is 31.5 Å². The van der Waals surface area contributed by atoms with Crippen LogP contribution in [0.4, 0.5) is 5.69 Å². The minimum Gasteiger partial charge on any atom is -0.497 e. The van der Waals surface area contributed by atoms with Gasteiger partial charge in [0.25, 0.3) is 11.6 Å². The highest BCUT2D eigenvalue weighted by molar-refractivity contribution is 5.95. The van der Waals surface area contributed by atoms with E-state index < -0.39 is 10.8 Å². The molecule has 0 saturated heterocycles. The number of aryl methyl sites for hydroxylation is 1. The number of methoxy groups -OCH3 is 2. The van der Waals surface area contributed by atoms with Crippen LogP contribution in [0.25, 0.3) is 0 Å². The molecule has 25 heavy (non-hydrogen) atoms. The third-order valence-corrected chi connectivity index (χ3v) is 3.46. The molecular weight excluding hydrogens is 326 g/mol. The normalized spacial score (nSPS) is 10.5. The lowest BCUT2D eigenvalue weighted by atomic mass is 10.1. The molecule has 8 nitrogen and oxygen atoms in total. The summed E-state index contributed by atoms with van der Waals surface area (Å²) in [7, 11) is 3.07. The van der Waals surface area contributed by atoms with Crippen LogP contribution in [0.15, 0.2) is 41.5 Å². The fourth-order valence-corrected chi connectivity index (χ4v) is 2.17. The number of amides is 1. The van der Waals surface area contributed by atoms with Crippen molar-refractivity contribution < 1.29 is 19.2 Å². The van der Waals surface area contributed by atoms with Crippen molar-refractivity contribution in [3.63, 3.8) is 0 Å². The van der Waals surface area contributed by atoms with Crippen LogP contribution < -0.4 is 14.9 Å². The Labute approximate surface area is 144 Å². The van der Waals surface area contributed by atoms with Crippen LogP contribution in [0.1, 0.15) is 21.5 Å². The number of benzene rings is 2. The minimum absolute atomic E-state index is 0.0406. The second-order valence-corrected chi connectivity index (χ2v) is 5.07. The predicted molar refractivity (Wildman–Crippen MR) is 92.4 cm³/mol. The van der Waals surface area contributed by atoms with Gasteiger partial charge in [-0.1, -0.05) is 0 Å². The Morgan fingerprint density at radius 1 is 1.20 bits per heavy atom. The van der Waals surface area contributed by atoms with Gasteiger partial charge in [-0.25, -0.2) is 5.43 Å². The molecule has 2 aromatic carbocycles. The summed E-state index contributed by atoms with van der Waals surface area (Å²) in [5.41, 5.74) is 3.64. The Morgan fingerprint density at radius 3 is 2.56 bits per heavy atom. The van der Waals surface area contributed by atoms with Crippen LogP contribution in [0.2, 0.25) is 0 Å². The first-order chi connectivity index (χ1) is 12.0. The third kappa shape index (κ3) is 4.31. The summed E-state index contributed by atoms with van der Waals surface area (Å²) < 4.78 is 10.4. The van der Waals surface area contributed by atoms with Gasteiger partial charge in [-0.2, -0.15) is 5.10 Å². The zero-order valence-electron chi connectivity index (χ0n) is 14.0. The van der Waals surface area contributed by atoms with Gasteiger partial charge in [0, 0.05) is 22.8 Å². The number of carbonyl (C=O) groups excluding carboxylic acids is 1. The van der Waals surface area contributed by atoms with E-state index in [0.717, 1.165) is 0 Å². The summed E-state index contributed by atoms with van der Waals surface area (Å²) in [6, 6.07) is 9.29. The molecule has 0 radical (unpaired) electrons. The molecule has 1 N–H and O–H groups in total. The van der Waals surface area contributed by atoms with E-state index >= 15 is 0 Å². The molecule has 0 atom stereocenters. The van der Waals surface area contributed by atoms with Crippen molar-refractivity contribution in [3.8, 4) is 11.5 Å². The van der Waals surface area contributed by atoms with Gasteiger partial charge in [0.2, 0.25) is 0 Å². The average Bonchev–Trinajstić information content (AvgIpc) is 2.61. The Balaban J connectivity index is 2.13. The fraction of sp³-hybridized carbons (Fsp3) is 0.176. The highest BCUT2D eigenvalue weighted by atomic mass is 16.6. The molecule has 0 aliphatic rings. The third-order valence-electron chi connectivity index (χ3n) is 3.46. The van der Waals surface area contributed by atoms with Crippen molar-refractivity contribution in [1.29, 1.82) is 0 Å². The van der Waals surface area contributed by atoms with E-state index in [1.54, 1.807) is 32.2 Å². The van der Waals surface area contributed by atoms with Crippen molar-refractivity contribution in [2.24, 2.45) is 5.10 Å². The molecule has 0 saturated carbocycles. The molecule has 0 unspecified atom stereocenters. The van der Waals surface area contributed by atoms with Gasteiger partial charge in [0.15, 0.2) is 0 Å². The fourth-order valence-electron chi connectivity index (χ4n) is 2.17. The topological polar surface area (TPSA) is 103 Å². The smallest absolute Gasteiger partial charge is 0.272 e. The molecule has 0 heterocycles. The molecule has 0 fully saturated rings. The molecule has 0 bridgehead atoms. The summed E-state index contributed by atoms with van der Waals surface area (Å²) in [5.74, 6) is 0.723. The first-order valence-corrected chi connectivity index (χ1v) is 7.26. The van der Waals surface area contributed by atoms with Gasteiger partial charge in [0.05, 0.1) is 25.4 Å². The average molecular weight is 343 g/mol. The van der Waals surface area contributed by atoms with E-state index in [9.17, 15) is 14.9 Å². The quantitative estimate of drug-likeness (QED) is 0.493. The van der Waals surface area contributed by atoms with Crippen LogP contribution in [-0.2, 0) is 0 Å². The zero-order chi connectivity index (χ0) is 18.4. The predicted octanol–water partition coefficient (Wildman–Crippen LogP) is 2.68. The van der Waals surface area contributed by atoms with Crippen LogP contribution in [-0.4, -0.2) is 31.3 Å².